The number of anilines is 3. The molecule has 0 aliphatic heterocycles. The van der Waals surface area contributed by atoms with E-state index in [2.05, 4.69) is 16.0 Å². The molecule has 3 N–H and O–H groups in total. The third kappa shape index (κ3) is 6.49. The molecule has 3 rings (SSSR count). The molecule has 3 aromatic rings. The summed E-state index contributed by atoms with van der Waals surface area (Å²) in [6.07, 6.45) is 1.36. The summed E-state index contributed by atoms with van der Waals surface area (Å²) in [5.41, 5.74) is 1.90. The first-order valence-corrected chi connectivity index (χ1v) is 10.2. The molecule has 0 radical (unpaired) electrons. The Morgan fingerprint density at radius 1 is 0.871 bits per heavy atom. The number of nitrogens with one attached hydrogen (secondary N) is 3. The van der Waals surface area contributed by atoms with E-state index in [1.165, 1.54) is 24.9 Å². The highest BCUT2D eigenvalue weighted by atomic mass is 32.2. The summed E-state index contributed by atoms with van der Waals surface area (Å²) in [4.78, 5) is 25.7. The van der Waals surface area contributed by atoms with Crippen molar-refractivity contribution in [3.05, 3.63) is 90.6 Å². The van der Waals surface area contributed by atoms with Crippen LogP contribution in [0.4, 0.5) is 17.1 Å². The molecule has 0 heterocycles. The van der Waals surface area contributed by atoms with Crippen LogP contribution in [0.15, 0.2) is 100 Å². The Labute approximate surface area is 185 Å². The Morgan fingerprint density at radius 2 is 1.52 bits per heavy atom. The fourth-order valence-electron chi connectivity index (χ4n) is 2.62. The van der Waals surface area contributed by atoms with Gasteiger partial charge in [-0.3, -0.25) is 9.59 Å². The predicted molar refractivity (Wildman–Crippen MR) is 124 cm³/mol. The number of nitriles is 1. The van der Waals surface area contributed by atoms with E-state index >= 15 is 0 Å². The van der Waals surface area contributed by atoms with Crippen LogP contribution < -0.4 is 16.0 Å². The molecule has 154 valence electrons. The third-order valence-corrected chi connectivity index (χ3v) is 5.14. The lowest BCUT2D eigenvalue weighted by Crippen LogP contribution is -2.15. The van der Waals surface area contributed by atoms with Crippen LogP contribution in [0.25, 0.3) is 0 Å². The lowest BCUT2D eigenvalue weighted by molar-refractivity contribution is -0.114. The van der Waals surface area contributed by atoms with Crippen molar-refractivity contribution in [1.29, 1.82) is 5.26 Å². The van der Waals surface area contributed by atoms with Crippen LogP contribution in [0.5, 0.6) is 0 Å². The minimum Gasteiger partial charge on any atom is -0.360 e. The highest BCUT2D eigenvalue weighted by Crippen LogP contribution is 2.33. The van der Waals surface area contributed by atoms with E-state index < -0.39 is 5.91 Å². The summed E-state index contributed by atoms with van der Waals surface area (Å²) in [6, 6.07) is 26.1. The summed E-state index contributed by atoms with van der Waals surface area (Å²) in [7, 11) is 0. The Morgan fingerprint density at radius 3 is 2.19 bits per heavy atom. The normalized spacial score (nSPS) is 10.6. The van der Waals surface area contributed by atoms with Gasteiger partial charge in [0.2, 0.25) is 5.91 Å². The zero-order valence-electron chi connectivity index (χ0n) is 16.8. The van der Waals surface area contributed by atoms with Crippen molar-refractivity contribution in [2.24, 2.45) is 0 Å². The van der Waals surface area contributed by atoms with Crippen molar-refractivity contribution in [3.8, 4) is 6.07 Å². The molecule has 0 spiro atoms. The van der Waals surface area contributed by atoms with Crippen molar-refractivity contribution in [2.45, 2.75) is 16.7 Å². The van der Waals surface area contributed by atoms with Gasteiger partial charge in [-0.1, -0.05) is 42.1 Å². The molecule has 7 heteroatoms. The number of hydrogen-bond acceptors (Lipinski definition) is 5. The van der Waals surface area contributed by atoms with Crippen molar-refractivity contribution in [3.63, 3.8) is 0 Å². The molecule has 0 aliphatic rings. The van der Waals surface area contributed by atoms with Crippen LogP contribution in [0.2, 0.25) is 0 Å². The smallest absolute Gasteiger partial charge is 0.267 e. The lowest BCUT2D eigenvalue weighted by atomic mass is 10.2. The molecule has 3 aromatic carbocycles. The number of carbonyl (C=O) groups excluding carboxylic acids is 2. The second-order valence-electron chi connectivity index (χ2n) is 6.44. The number of hydrogen-bond donors (Lipinski definition) is 3. The van der Waals surface area contributed by atoms with Gasteiger partial charge in [0.15, 0.2) is 0 Å². The van der Waals surface area contributed by atoms with Crippen LogP contribution in [-0.4, -0.2) is 11.8 Å². The van der Waals surface area contributed by atoms with E-state index in [9.17, 15) is 14.9 Å². The number of para-hydroxylation sites is 1. The fraction of sp³-hybridized carbons (Fsp3) is 0.0417. The molecule has 0 bridgehead atoms. The van der Waals surface area contributed by atoms with Crippen LogP contribution in [0.1, 0.15) is 6.92 Å². The lowest BCUT2D eigenvalue weighted by Gasteiger charge is -2.10. The first-order chi connectivity index (χ1) is 15.0. The quantitative estimate of drug-likeness (QED) is 0.353. The second-order valence-corrected chi connectivity index (χ2v) is 7.55. The Balaban J connectivity index is 1.69. The van der Waals surface area contributed by atoms with Crippen molar-refractivity contribution in [2.75, 3.05) is 16.0 Å². The van der Waals surface area contributed by atoms with Gasteiger partial charge in [-0.15, -0.1) is 0 Å². The minimum absolute atomic E-state index is 0.0644. The maximum atomic E-state index is 12.6. The largest absolute Gasteiger partial charge is 0.360 e. The molecule has 0 saturated carbocycles. The van der Waals surface area contributed by atoms with Gasteiger partial charge < -0.3 is 16.0 Å². The van der Waals surface area contributed by atoms with Crippen molar-refractivity contribution >= 4 is 40.6 Å². The summed E-state index contributed by atoms with van der Waals surface area (Å²) in [6.45, 7) is 1.43. The highest BCUT2D eigenvalue weighted by Gasteiger charge is 2.12. The molecule has 0 aromatic heterocycles. The molecule has 0 unspecified atom stereocenters. The van der Waals surface area contributed by atoms with Gasteiger partial charge in [0.1, 0.15) is 11.6 Å². The molecule has 0 saturated heterocycles. The number of carbonyl (C=O) groups is 2. The molecule has 31 heavy (non-hydrogen) atoms. The van der Waals surface area contributed by atoms with E-state index in [0.29, 0.717) is 17.1 Å². The Kier molecular flexibility index (Phi) is 7.46. The van der Waals surface area contributed by atoms with Crippen molar-refractivity contribution in [1.82, 2.24) is 0 Å². The molecule has 6 nitrogen and oxygen atoms in total. The van der Waals surface area contributed by atoms with Crippen LogP contribution >= 0.6 is 11.8 Å². The monoisotopic (exact) mass is 428 g/mol. The number of nitrogens with zero attached hydrogens (tertiary/aromatic N) is 1. The summed E-state index contributed by atoms with van der Waals surface area (Å²) >= 11 is 1.53. The minimum atomic E-state index is -0.508. The van der Waals surface area contributed by atoms with E-state index in [0.717, 1.165) is 9.79 Å². The molecule has 2 amide bonds. The third-order valence-electron chi connectivity index (χ3n) is 4.06. The van der Waals surface area contributed by atoms with Crippen LogP contribution in [0.3, 0.4) is 0 Å². The van der Waals surface area contributed by atoms with Crippen molar-refractivity contribution < 1.29 is 9.59 Å². The molecular weight excluding hydrogens is 408 g/mol. The molecule has 0 atom stereocenters. The van der Waals surface area contributed by atoms with Gasteiger partial charge in [-0.05, 0) is 48.5 Å². The second kappa shape index (κ2) is 10.7. The van der Waals surface area contributed by atoms with Gasteiger partial charge in [-0.25, -0.2) is 0 Å². The SMILES string of the molecule is CC(=O)Nc1ccc(N/C=C(/C#N)C(=O)Nc2ccccc2Sc2ccccc2)cc1. The topological polar surface area (TPSA) is 94.0 Å². The molecule has 0 fully saturated rings. The Hall–Kier alpha value is -4.02. The summed E-state index contributed by atoms with van der Waals surface area (Å²) < 4.78 is 0. The van der Waals surface area contributed by atoms with E-state index in [1.54, 1.807) is 30.3 Å². The van der Waals surface area contributed by atoms with E-state index in [4.69, 9.17) is 0 Å². The van der Waals surface area contributed by atoms with Gasteiger partial charge in [0.25, 0.3) is 5.91 Å². The average molecular weight is 429 g/mol. The first kappa shape index (κ1) is 21.7. The highest BCUT2D eigenvalue weighted by molar-refractivity contribution is 7.99. The first-order valence-electron chi connectivity index (χ1n) is 9.43. The van der Waals surface area contributed by atoms with Crippen LogP contribution in [-0.2, 0) is 9.59 Å². The van der Waals surface area contributed by atoms with Gasteiger partial charge >= 0.3 is 0 Å². The fourth-order valence-corrected chi connectivity index (χ4v) is 3.54. The standard InChI is InChI=1S/C24H20N4O2S/c1-17(29)27-20-13-11-19(12-14-20)26-16-18(15-25)24(30)28-22-9-5-6-10-23(22)31-21-7-3-2-4-8-21/h2-14,16,26H,1H3,(H,27,29)(H,28,30)/b18-16-. The van der Waals surface area contributed by atoms with Gasteiger partial charge in [-0.2, -0.15) is 5.26 Å². The zero-order valence-corrected chi connectivity index (χ0v) is 17.6. The maximum Gasteiger partial charge on any atom is 0.267 e. The Bertz CT molecular complexity index is 1140. The van der Waals surface area contributed by atoms with Gasteiger partial charge in [0.05, 0.1) is 5.69 Å². The van der Waals surface area contributed by atoms with E-state index in [-0.39, 0.29) is 11.5 Å². The summed E-state index contributed by atoms with van der Waals surface area (Å²) in [5.74, 6) is -0.666. The molecule has 0 aliphatic carbocycles. The van der Waals surface area contributed by atoms with E-state index in [1.807, 2.05) is 54.6 Å². The average Bonchev–Trinajstić information content (AvgIpc) is 2.77. The molecular formula is C24H20N4O2S. The van der Waals surface area contributed by atoms with Gasteiger partial charge in [0, 0.05) is 34.3 Å². The zero-order chi connectivity index (χ0) is 22.1. The predicted octanol–water partition coefficient (Wildman–Crippen LogP) is 5.25. The number of rotatable bonds is 7. The summed E-state index contributed by atoms with van der Waals surface area (Å²) in [5, 5.41) is 17.8. The van der Waals surface area contributed by atoms with Crippen LogP contribution in [0, 0.1) is 11.3 Å². The maximum absolute atomic E-state index is 12.6. The number of amides is 2. The number of benzene rings is 3.